The van der Waals surface area contributed by atoms with Crippen molar-refractivity contribution in [3.05, 3.63) is 58.9 Å². The Labute approximate surface area is 208 Å². The molecule has 1 aliphatic rings. The molecule has 3 aromatic heterocycles. The summed E-state index contributed by atoms with van der Waals surface area (Å²) >= 11 is 5.94. The normalized spacial score (nSPS) is 14.3. The van der Waals surface area contributed by atoms with Crippen LogP contribution in [0.25, 0.3) is 22.3 Å². The third-order valence-electron chi connectivity index (χ3n) is 6.25. The molecule has 1 aromatic carbocycles. The van der Waals surface area contributed by atoms with Gasteiger partial charge in [0.25, 0.3) is 0 Å². The Balaban J connectivity index is 1.18. The van der Waals surface area contributed by atoms with E-state index in [0.717, 1.165) is 60.9 Å². The van der Waals surface area contributed by atoms with Crippen molar-refractivity contribution in [2.24, 2.45) is 7.05 Å². The lowest BCUT2D eigenvalue weighted by molar-refractivity contribution is 0.200. The van der Waals surface area contributed by atoms with Gasteiger partial charge in [-0.3, -0.25) is 4.90 Å². The minimum absolute atomic E-state index is 0.274. The van der Waals surface area contributed by atoms with Gasteiger partial charge in [-0.1, -0.05) is 16.8 Å². The summed E-state index contributed by atoms with van der Waals surface area (Å²) in [7, 11) is 1.80. The molecular formula is C25H25ClN8O. The van der Waals surface area contributed by atoms with Crippen LogP contribution in [0.2, 0.25) is 5.02 Å². The molecule has 35 heavy (non-hydrogen) atoms. The number of aromatic nitrogens is 5. The number of hydrogen-bond donors (Lipinski definition) is 0. The number of aryl methyl sites for hydroxylation is 2. The van der Waals surface area contributed by atoms with Crippen molar-refractivity contribution in [2.75, 3.05) is 44.2 Å². The zero-order valence-electron chi connectivity index (χ0n) is 19.6. The van der Waals surface area contributed by atoms with Crippen LogP contribution in [0.1, 0.15) is 11.3 Å². The number of nitrogens with zero attached hydrogens (tertiary/aromatic N) is 8. The van der Waals surface area contributed by atoms with Gasteiger partial charge in [-0.05, 0) is 48.9 Å². The minimum atomic E-state index is 0.274. The molecule has 5 rings (SSSR count). The van der Waals surface area contributed by atoms with Crippen LogP contribution < -0.4 is 9.64 Å². The van der Waals surface area contributed by atoms with Crippen LogP contribution in [0, 0.1) is 18.3 Å². The average Bonchev–Trinajstić information content (AvgIpc) is 3.26. The molecule has 10 heteroatoms. The van der Waals surface area contributed by atoms with Gasteiger partial charge in [0.05, 0.1) is 16.2 Å². The first kappa shape index (κ1) is 23.0. The zero-order valence-corrected chi connectivity index (χ0v) is 20.4. The predicted octanol–water partition coefficient (Wildman–Crippen LogP) is 3.46. The Morgan fingerprint density at radius 1 is 1.11 bits per heavy atom. The third-order valence-corrected chi connectivity index (χ3v) is 6.47. The molecule has 1 saturated heterocycles. The van der Waals surface area contributed by atoms with Crippen LogP contribution in [-0.4, -0.2) is 69.2 Å². The SMILES string of the molecule is Cc1cc(-c2cc3c(nnn3C)c(C#N)n2)ccc1OCCN1CCN(c2ccc(Cl)cn2)CC1. The molecule has 1 aliphatic heterocycles. The summed E-state index contributed by atoms with van der Waals surface area (Å²) in [5, 5.41) is 18.2. The van der Waals surface area contributed by atoms with Gasteiger partial charge in [-0.15, -0.1) is 5.10 Å². The molecule has 1 fully saturated rings. The van der Waals surface area contributed by atoms with Gasteiger partial charge >= 0.3 is 0 Å². The van der Waals surface area contributed by atoms with E-state index in [9.17, 15) is 5.26 Å². The first-order valence-electron chi connectivity index (χ1n) is 11.4. The van der Waals surface area contributed by atoms with Gasteiger partial charge in [-0.25, -0.2) is 14.6 Å². The second kappa shape index (κ2) is 9.86. The Kier molecular flexibility index (Phi) is 6.49. The van der Waals surface area contributed by atoms with Gasteiger partial charge in [0.15, 0.2) is 5.69 Å². The largest absolute Gasteiger partial charge is 0.492 e. The molecule has 0 radical (unpaired) electrons. The van der Waals surface area contributed by atoms with Crippen molar-refractivity contribution in [3.63, 3.8) is 0 Å². The summed E-state index contributed by atoms with van der Waals surface area (Å²) in [4.78, 5) is 13.6. The number of anilines is 1. The average molecular weight is 489 g/mol. The fourth-order valence-corrected chi connectivity index (χ4v) is 4.38. The highest BCUT2D eigenvalue weighted by atomic mass is 35.5. The number of pyridine rings is 2. The van der Waals surface area contributed by atoms with E-state index in [4.69, 9.17) is 16.3 Å². The van der Waals surface area contributed by atoms with Crippen molar-refractivity contribution >= 4 is 28.5 Å². The first-order chi connectivity index (χ1) is 17.0. The highest BCUT2D eigenvalue weighted by Gasteiger charge is 2.18. The van der Waals surface area contributed by atoms with Crippen LogP contribution in [-0.2, 0) is 7.05 Å². The quantitative estimate of drug-likeness (QED) is 0.407. The Bertz CT molecular complexity index is 1390. The number of hydrogen-bond acceptors (Lipinski definition) is 8. The molecule has 0 spiro atoms. The van der Waals surface area contributed by atoms with Crippen LogP contribution >= 0.6 is 11.6 Å². The van der Waals surface area contributed by atoms with Gasteiger partial charge < -0.3 is 9.64 Å². The maximum Gasteiger partial charge on any atom is 0.170 e. The van der Waals surface area contributed by atoms with Crippen LogP contribution in [0.3, 0.4) is 0 Å². The molecule has 0 unspecified atom stereocenters. The van der Waals surface area contributed by atoms with E-state index in [1.165, 1.54) is 0 Å². The molecule has 9 nitrogen and oxygen atoms in total. The van der Waals surface area contributed by atoms with Crippen LogP contribution in [0.15, 0.2) is 42.6 Å². The van der Waals surface area contributed by atoms with Crippen molar-refractivity contribution < 1.29 is 4.74 Å². The van der Waals surface area contributed by atoms with Crippen molar-refractivity contribution in [1.82, 2.24) is 29.9 Å². The molecular weight excluding hydrogens is 464 g/mol. The summed E-state index contributed by atoms with van der Waals surface area (Å²) in [6, 6.07) is 13.9. The van der Waals surface area contributed by atoms with E-state index in [-0.39, 0.29) is 5.69 Å². The second-order valence-electron chi connectivity index (χ2n) is 8.54. The number of piperazine rings is 1. The molecule has 0 amide bonds. The smallest absolute Gasteiger partial charge is 0.170 e. The van der Waals surface area contributed by atoms with Crippen molar-refractivity contribution in [2.45, 2.75) is 6.92 Å². The van der Waals surface area contributed by atoms with E-state index in [1.807, 2.05) is 43.3 Å². The molecule has 178 valence electrons. The Morgan fingerprint density at radius 2 is 1.94 bits per heavy atom. The maximum absolute atomic E-state index is 9.48. The van der Waals surface area contributed by atoms with Gasteiger partial charge in [0.2, 0.25) is 0 Å². The number of halogens is 1. The van der Waals surface area contributed by atoms with Gasteiger partial charge in [0.1, 0.15) is 29.8 Å². The second-order valence-corrected chi connectivity index (χ2v) is 8.98. The van der Waals surface area contributed by atoms with Crippen molar-refractivity contribution in [1.29, 1.82) is 5.26 Å². The van der Waals surface area contributed by atoms with E-state index in [0.29, 0.717) is 22.8 Å². The fraction of sp³-hybridized carbons (Fsp3) is 0.320. The standard InChI is InChI=1S/C25H25ClN8O/c1-17-13-18(20-14-22-25(21(15-27)29-20)30-31-32(22)2)3-5-23(17)35-12-11-33-7-9-34(10-8-33)24-6-4-19(26)16-28-24/h3-6,13-14,16H,7-12H2,1-2H3. The summed E-state index contributed by atoms with van der Waals surface area (Å²) < 4.78 is 7.75. The monoisotopic (exact) mass is 488 g/mol. The molecule has 0 aliphatic carbocycles. The van der Waals surface area contributed by atoms with E-state index < -0.39 is 0 Å². The highest BCUT2D eigenvalue weighted by molar-refractivity contribution is 6.30. The molecule has 0 bridgehead atoms. The summed E-state index contributed by atoms with van der Waals surface area (Å²) in [6.45, 7) is 7.27. The summed E-state index contributed by atoms with van der Waals surface area (Å²) in [6.07, 6.45) is 1.69. The highest BCUT2D eigenvalue weighted by Crippen LogP contribution is 2.28. The summed E-state index contributed by atoms with van der Waals surface area (Å²) in [5.41, 5.74) is 4.21. The molecule has 4 heterocycles. The number of rotatable bonds is 6. The Hall–Kier alpha value is -3.74. The number of ether oxygens (including phenoxy) is 1. The topological polar surface area (TPSA) is 96.0 Å². The summed E-state index contributed by atoms with van der Waals surface area (Å²) in [5.74, 6) is 1.82. The lowest BCUT2D eigenvalue weighted by Crippen LogP contribution is -2.47. The maximum atomic E-state index is 9.48. The van der Waals surface area contributed by atoms with E-state index in [1.54, 1.807) is 17.9 Å². The molecule has 0 N–H and O–H groups in total. The van der Waals surface area contributed by atoms with E-state index >= 15 is 0 Å². The van der Waals surface area contributed by atoms with Crippen LogP contribution in [0.4, 0.5) is 5.82 Å². The molecule has 0 atom stereocenters. The van der Waals surface area contributed by atoms with Gasteiger partial charge in [0, 0.05) is 51.5 Å². The van der Waals surface area contributed by atoms with Crippen LogP contribution in [0.5, 0.6) is 5.75 Å². The number of nitriles is 1. The third kappa shape index (κ3) is 4.90. The number of benzene rings is 1. The molecule has 4 aromatic rings. The van der Waals surface area contributed by atoms with Gasteiger partial charge in [-0.2, -0.15) is 5.26 Å². The minimum Gasteiger partial charge on any atom is -0.492 e. The molecule has 0 saturated carbocycles. The zero-order chi connectivity index (χ0) is 24.4. The fourth-order valence-electron chi connectivity index (χ4n) is 4.27. The number of fused-ring (bicyclic) bond motifs is 1. The van der Waals surface area contributed by atoms with E-state index in [2.05, 4.69) is 36.1 Å². The Morgan fingerprint density at radius 3 is 2.66 bits per heavy atom. The lowest BCUT2D eigenvalue weighted by atomic mass is 10.1. The lowest BCUT2D eigenvalue weighted by Gasteiger charge is -2.35. The first-order valence-corrected chi connectivity index (χ1v) is 11.8. The van der Waals surface area contributed by atoms with Crippen molar-refractivity contribution in [3.8, 4) is 23.1 Å². The predicted molar refractivity (Wildman–Crippen MR) is 135 cm³/mol.